The van der Waals surface area contributed by atoms with Gasteiger partial charge in [0.2, 0.25) is 0 Å². The maximum Gasteiger partial charge on any atom is 0.251 e. The van der Waals surface area contributed by atoms with E-state index in [9.17, 15) is 18.0 Å². The van der Waals surface area contributed by atoms with Gasteiger partial charge in [-0.1, -0.05) is 6.92 Å². The van der Waals surface area contributed by atoms with Gasteiger partial charge in [-0.25, -0.2) is 23.1 Å². The predicted octanol–water partition coefficient (Wildman–Crippen LogP) is 3.31. The number of nitrogens with zero attached hydrogens (tertiary/aromatic N) is 3. The van der Waals surface area contributed by atoms with E-state index in [2.05, 4.69) is 25.9 Å². The first-order valence-corrected chi connectivity index (χ1v) is 10.6. The summed E-state index contributed by atoms with van der Waals surface area (Å²) in [6, 6.07) is 3.27. The maximum atomic E-state index is 14.6. The van der Waals surface area contributed by atoms with Crippen LogP contribution >= 0.6 is 0 Å². The number of nitrogens with one attached hydrogen (secondary N) is 3. The lowest BCUT2D eigenvalue weighted by atomic mass is 10.1. The molecule has 0 radical (unpaired) electrons. The fourth-order valence-corrected chi connectivity index (χ4v) is 3.60. The number of carbonyl (C=O) groups is 1. The fraction of sp³-hybridized carbons (Fsp3) is 0.409. The molecule has 1 aliphatic rings. The highest BCUT2D eigenvalue weighted by Crippen LogP contribution is 2.27. The van der Waals surface area contributed by atoms with E-state index in [1.165, 1.54) is 6.20 Å². The van der Waals surface area contributed by atoms with Crippen molar-refractivity contribution >= 4 is 17.4 Å². The van der Waals surface area contributed by atoms with E-state index in [1.54, 1.807) is 22.7 Å². The Morgan fingerprint density at radius 3 is 2.91 bits per heavy atom. The molecule has 4 rings (SSSR count). The molecule has 3 N–H and O–H groups in total. The van der Waals surface area contributed by atoms with Gasteiger partial charge in [-0.2, -0.15) is 0 Å². The van der Waals surface area contributed by atoms with Crippen LogP contribution in [-0.2, 0) is 0 Å². The van der Waals surface area contributed by atoms with Crippen molar-refractivity contribution in [1.29, 1.82) is 0 Å². The third kappa shape index (κ3) is 4.40. The molecule has 3 aromatic rings. The summed E-state index contributed by atoms with van der Waals surface area (Å²) in [6.45, 7) is 4.74. The van der Waals surface area contributed by atoms with Crippen molar-refractivity contribution in [3.05, 3.63) is 47.8 Å². The number of anilines is 1. The number of carbonyl (C=O) groups excluding carboxylic acids is 1. The van der Waals surface area contributed by atoms with Crippen LogP contribution in [0.2, 0.25) is 0 Å². The van der Waals surface area contributed by atoms with Crippen molar-refractivity contribution in [2.75, 3.05) is 18.4 Å². The SMILES string of the molecule is CCC(C)NC(=O)c1ccn2c(-c3nc(N[C@@H]4CNCC[C@H]4F)c(F)cc3F)cnc2c1. The first-order valence-electron chi connectivity index (χ1n) is 10.6. The van der Waals surface area contributed by atoms with Crippen LogP contribution in [0.3, 0.4) is 0 Å². The molecular formula is C22H25F3N6O. The summed E-state index contributed by atoms with van der Waals surface area (Å²) in [5.74, 6) is -2.23. The molecule has 1 saturated heterocycles. The smallest absolute Gasteiger partial charge is 0.251 e. The van der Waals surface area contributed by atoms with Crippen LogP contribution < -0.4 is 16.0 Å². The van der Waals surface area contributed by atoms with Crippen LogP contribution in [0, 0.1) is 11.6 Å². The molecule has 170 valence electrons. The molecule has 0 spiro atoms. The van der Waals surface area contributed by atoms with Gasteiger partial charge in [0.1, 0.15) is 17.5 Å². The molecule has 32 heavy (non-hydrogen) atoms. The molecule has 10 heteroatoms. The Morgan fingerprint density at radius 2 is 2.16 bits per heavy atom. The van der Waals surface area contributed by atoms with E-state index >= 15 is 0 Å². The summed E-state index contributed by atoms with van der Waals surface area (Å²) in [7, 11) is 0. The monoisotopic (exact) mass is 446 g/mol. The lowest BCUT2D eigenvalue weighted by Gasteiger charge is -2.28. The average Bonchev–Trinajstić information content (AvgIpc) is 3.20. The van der Waals surface area contributed by atoms with Crippen LogP contribution in [0.25, 0.3) is 17.0 Å². The standard InChI is InChI=1S/C22H25F3N6O/c1-3-12(2)28-22(32)13-5-7-31-18(11-27-19(31)8-13)20-15(24)9-16(25)21(30-20)29-17-10-26-6-4-14(17)23/h5,7-9,11-12,14,17,26H,3-4,6,10H2,1-2H3,(H,28,32)(H,29,30)/t12?,14-,17-/m1/s1. The van der Waals surface area contributed by atoms with E-state index in [4.69, 9.17) is 0 Å². The number of pyridine rings is 2. The summed E-state index contributed by atoms with van der Waals surface area (Å²) < 4.78 is 44.7. The third-order valence-electron chi connectivity index (χ3n) is 5.66. The van der Waals surface area contributed by atoms with Crippen molar-refractivity contribution in [3.8, 4) is 11.4 Å². The van der Waals surface area contributed by atoms with E-state index < -0.39 is 23.8 Å². The Bertz CT molecular complexity index is 1130. The van der Waals surface area contributed by atoms with Crippen LogP contribution in [0.1, 0.15) is 37.0 Å². The number of piperidine rings is 1. The number of hydrogen-bond acceptors (Lipinski definition) is 5. The zero-order valence-corrected chi connectivity index (χ0v) is 17.8. The second-order valence-electron chi connectivity index (χ2n) is 7.98. The molecular weight excluding hydrogens is 421 g/mol. The van der Waals surface area contributed by atoms with Crippen molar-refractivity contribution in [2.24, 2.45) is 0 Å². The molecule has 0 bridgehead atoms. The Kier molecular flexibility index (Phi) is 6.31. The fourth-order valence-electron chi connectivity index (χ4n) is 3.60. The van der Waals surface area contributed by atoms with Gasteiger partial charge in [0.25, 0.3) is 5.91 Å². The van der Waals surface area contributed by atoms with Crippen LogP contribution in [0.15, 0.2) is 30.6 Å². The zero-order valence-electron chi connectivity index (χ0n) is 17.8. The van der Waals surface area contributed by atoms with Gasteiger partial charge in [-0.3, -0.25) is 9.20 Å². The Balaban J connectivity index is 1.65. The highest BCUT2D eigenvalue weighted by atomic mass is 19.1. The molecule has 0 aromatic carbocycles. The quantitative estimate of drug-likeness (QED) is 0.541. The van der Waals surface area contributed by atoms with E-state index in [1.807, 2.05) is 13.8 Å². The summed E-state index contributed by atoms with van der Waals surface area (Å²) >= 11 is 0. The van der Waals surface area contributed by atoms with Crippen LogP contribution in [0.5, 0.6) is 0 Å². The Hall–Kier alpha value is -3.14. The third-order valence-corrected chi connectivity index (χ3v) is 5.66. The number of aromatic nitrogens is 3. The number of rotatable bonds is 6. The number of halogens is 3. The van der Waals surface area contributed by atoms with Gasteiger partial charge >= 0.3 is 0 Å². The molecule has 7 nitrogen and oxygen atoms in total. The first kappa shape index (κ1) is 22.1. The number of amides is 1. The molecule has 1 unspecified atom stereocenters. The summed E-state index contributed by atoms with van der Waals surface area (Å²) in [5, 5.41) is 8.67. The molecule has 0 saturated carbocycles. The zero-order chi connectivity index (χ0) is 22.8. The second-order valence-corrected chi connectivity index (χ2v) is 7.98. The first-order chi connectivity index (χ1) is 15.4. The van der Waals surface area contributed by atoms with Crippen LogP contribution in [-0.4, -0.2) is 51.6 Å². The van der Waals surface area contributed by atoms with Crippen molar-refractivity contribution < 1.29 is 18.0 Å². The summed E-state index contributed by atoms with van der Waals surface area (Å²) in [6.07, 6.45) is 2.92. The number of alkyl halides is 1. The van der Waals surface area contributed by atoms with Crippen molar-refractivity contribution in [1.82, 2.24) is 25.0 Å². The van der Waals surface area contributed by atoms with E-state index in [0.717, 1.165) is 12.5 Å². The highest BCUT2D eigenvalue weighted by Gasteiger charge is 2.26. The number of fused-ring (bicyclic) bond motifs is 1. The van der Waals surface area contributed by atoms with Crippen molar-refractivity contribution in [3.63, 3.8) is 0 Å². The Labute approximate surface area is 183 Å². The lowest BCUT2D eigenvalue weighted by molar-refractivity contribution is 0.0939. The maximum absolute atomic E-state index is 14.6. The molecule has 1 aliphatic heterocycles. The van der Waals surface area contributed by atoms with Gasteiger partial charge < -0.3 is 16.0 Å². The van der Waals surface area contributed by atoms with E-state index in [-0.39, 0.29) is 29.2 Å². The number of imidazole rings is 1. The molecule has 3 atom stereocenters. The molecule has 1 amide bonds. The van der Waals surface area contributed by atoms with Gasteiger partial charge in [-0.05, 0) is 38.4 Å². The Morgan fingerprint density at radius 1 is 1.34 bits per heavy atom. The van der Waals surface area contributed by atoms with Gasteiger partial charge in [0.05, 0.1) is 17.9 Å². The minimum atomic E-state index is -1.17. The largest absolute Gasteiger partial charge is 0.361 e. The topological polar surface area (TPSA) is 83.4 Å². The predicted molar refractivity (Wildman–Crippen MR) is 115 cm³/mol. The normalized spacial score (nSPS) is 19.7. The average molecular weight is 446 g/mol. The van der Waals surface area contributed by atoms with Crippen molar-refractivity contribution in [2.45, 2.75) is 44.9 Å². The van der Waals surface area contributed by atoms with Gasteiger partial charge in [0.15, 0.2) is 17.5 Å². The van der Waals surface area contributed by atoms with Gasteiger partial charge in [-0.15, -0.1) is 0 Å². The molecule has 4 heterocycles. The minimum Gasteiger partial charge on any atom is -0.361 e. The number of hydrogen-bond donors (Lipinski definition) is 3. The molecule has 1 fully saturated rings. The molecule has 0 aliphatic carbocycles. The second kappa shape index (κ2) is 9.15. The highest BCUT2D eigenvalue weighted by molar-refractivity contribution is 5.95. The summed E-state index contributed by atoms with van der Waals surface area (Å²) in [4.78, 5) is 20.7. The van der Waals surface area contributed by atoms with Gasteiger partial charge in [0, 0.05) is 30.4 Å². The minimum absolute atomic E-state index is 0.0285. The molecule has 3 aromatic heterocycles. The van der Waals surface area contributed by atoms with Crippen LogP contribution in [0.4, 0.5) is 19.0 Å². The summed E-state index contributed by atoms with van der Waals surface area (Å²) in [5.41, 5.74) is 0.992. The lowest BCUT2D eigenvalue weighted by Crippen LogP contribution is -2.46. The van der Waals surface area contributed by atoms with E-state index in [0.29, 0.717) is 30.7 Å².